The number of nitrogens with one attached hydrogen (secondary N) is 1. The number of anilines is 1. The van der Waals surface area contributed by atoms with Crippen LogP contribution < -0.4 is 16.0 Å². The van der Waals surface area contributed by atoms with E-state index in [-0.39, 0.29) is 5.41 Å². The number of nitrogen functional groups attached to an aromatic ring is 1. The zero-order valence-electron chi connectivity index (χ0n) is 12.2. The van der Waals surface area contributed by atoms with Crippen molar-refractivity contribution in [2.45, 2.75) is 32.8 Å². The molecule has 1 heterocycles. The first-order valence-corrected chi connectivity index (χ1v) is 6.64. The predicted molar refractivity (Wildman–Crippen MR) is 81.5 cm³/mol. The first-order chi connectivity index (χ1) is 9.49. The van der Waals surface area contributed by atoms with Crippen LogP contribution in [0.5, 0.6) is 5.75 Å². The average Bonchev–Trinajstić information content (AvgIpc) is 2.45. The molecule has 0 aliphatic carbocycles. The van der Waals surface area contributed by atoms with E-state index in [4.69, 9.17) is 10.6 Å². The second-order valence-corrected chi connectivity index (χ2v) is 5.76. The molecule has 2 aromatic rings. The van der Waals surface area contributed by atoms with Gasteiger partial charge in [0.1, 0.15) is 18.2 Å². The van der Waals surface area contributed by atoms with E-state index in [1.807, 2.05) is 24.3 Å². The Hall–Kier alpha value is -2.07. The minimum atomic E-state index is 0.158. The van der Waals surface area contributed by atoms with Crippen molar-refractivity contribution in [3.63, 3.8) is 0 Å². The van der Waals surface area contributed by atoms with Gasteiger partial charge in [-0.3, -0.25) is 0 Å². The molecule has 1 aromatic carbocycles. The van der Waals surface area contributed by atoms with Crippen LogP contribution in [0.25, 0.3) is 0 Å². The van der Waals surface area contributed by atoms with E-state index in [1.54, 1.807) is 6.20 Å². The zero-order chi connectivity index (χ0) is 14.6. The van der Waals surface area contributed by atoms with Crippen LogP contribution in [0.15, 0.2) is 42.6 Å². The van der Waals surface area contributed by atoms with Gasteiger partial charge in [0.2, 0.25) is 0 Å². The van der Waals surface area contributed by atoms with Crippen LogP contribution in [0, 0.1) is 0 Å². The number of benzene rings is 1. The molecule has 20 heavy (non-hydrogen) atoms. The molecule has 0 amide bonds. The molecule has 4 nitrogen and oxygen atoms in total. The van der Waals surface area contributed by atoms with E-state index in [0.717, 1.165) is 11.3 Å². The summed E-state index contributed by atoms with van der Waals surface area (Å²) < 4.78 is 5.76. The molecule has 0 aliphatic rings. The fourth-order valence-corrected chi connectivity index (χ4v) is 1.86. The lowest BCUT2D eigenvalue weighted by Crippen LogP contribution is -2.10. The van der Waals surface area contributed by atoms with Gasteiger partial charge >= 0.3 is 0 Å². The molecule has 4 heteroatoms. The number of aromatic nitrogens is 1. The maximum Gasteiger partial charge on any atom is 0.140 e. The van der Waals surface area contributed by atoms with E-state index < -0.39 is 0 Å². The zero-order valence-corrected chi connectivity index (χ0v) is 12.2. The van der Waals surface area contributed by atoms with Gasteiger partial charge in [-0.15, -0.1) is 0 Å². The Kier molecular flexibility index (Phi) is 4.25. The quantitative estimate of drug-likeness (QED) is 0.662. The minimum absolute atomic E-state index is 0.158. The van der Waals surface area contributed by atoms with Gasteiger partial charge in [0.25, 0.3) is 0 Å². The van der Waals surface area contributed by atoms with Crippen molar-refractivity contribution >= 4 is 5.82 Å². The van der Waals surface area contributed by atoms with Crippen molar-refractivity contribution in [1.29, 1.82) is 0 Å². The number of hydrogen-bond donors (Lipinski definition) is 2. The summed E-state index contributed by atoms with van der Waals surface area (Å²) in [6.45, 7) is 7.08. The summed E-state index contributed by atoms with van der Waals surface area (Å²) in [5.74, 6) is 6.82. The summed E-state index contributed by atoms with van der Waals surface area (Å²) in [6, 6.07) is 12.0. The van der Waals surface area contributed by atoms with Crippen molar-refractivity contribution in [2.75, 3.05) is 5.43 Å². The number of rotatable bonds is 4. The molecule has 0 bridgehead atoms. The molecule has 0 unspecified atom stereocenters. The summed E-state index contributed by atoms with van der Waals surface area (Å²) in [5.41, 5.74) is 5.00. The highest BCUT2D eigenvalue weighted by molar-refractivity contribution is 5.36. The van der Waals surface area contributed by atoms with Gasteiger partial charge < -0.3 is 10.2 Å². The molecule has 0 aliphatic heterocycles. The Morgan fingerprint density at radius 3 is 2.45 bits per heavy atom. The molecule has 0 atom stereocenters. The van der Waals surface area contributed by atoms with Crippen molar-refractivity contribution in [3.8, 4) is 5.75 Å². The summed E-state index contributed by atoms with van der Waals surface area (Å²) in [7, 11) is 0. The third kappa shape index (κ3) is 3.71. The standard InChI is InChI=1S/C16H21N3O/c1-16(2,3)13-4-6-14(7-5-13)20-11-12-8-9-18-15(10-12)19-17/h4-10H,11,17H2,1-3H3,(H,18,19). The molecule has 0 saturated carbocycles. The van der Waals surface area contributed by atoms with Gasteiger partial charge in [0, 0.05) is 6.20 Å². The molecule has 0 fully saturated rings. The van der Waals surface area contributed by atoms with Crippen LogP contribution in [-0.2, 0) is 12.0 Å². The Bertz CT molecular complexity index is 559. The average molecular weight is 271 g/mol. The molecular weight excluding hydrogens is 250 g/mol. The molecule has 0 spiro atoms. The molecular formula is C16H21N3O. The fraction of sp³-hybridized carbons (Fsp3) is 0.312. The summed E-state index contributed by atoms with van der Waals surface area (Å²) in [4.78, 5) is 4.06. The largest absolute Gasteiger partial charge is 0.489 e. The molecule has 106 valence electrons. The van der Waals surface area contributed by atoms with Crippen LogP contribution in [0.3, 0.4) is 0 Å². The molecule has 2 rings (SSSR count). The molecule has 0 radical (unpaired) electrons. The Balaban J connectivity index is 2.00. The highest BCUT2D eigenvalue weighted by atomic mass is 16.5. The lowest BCUT2D eigenvalue weighted by atomic mass is 9.87. The Morgan fingerprint density at radius 2 is 1.85 bits per heavy atom. The van der Waals surface area contributed by atoms with Crippen LogP contribution in [0.4, 0.5) is 5.82 Å². The highest BCUT2D eigenvalue weighted by Gasteiger charge is 2.12. The summed E-state index contributed by atoms with van der Waals surface area (Å²) >= 11 is 0. The molecule has 0 saturated heterocycles. The Labute approximate surface area is 120 Å². The van der Waals surface area contributed by atoms with Gasteiger partial charge in [0.15, 0.2) is 0 Å². The SMILES string of the molecule is CC(C)(C)c1ccc(OCc2ccnc(NN)c2)cc1. The van der Waals surface area contributed by atoms with Gasteiger partial charge in [-0.25, -0.2) is 10.8 Å². The van der Waals surface area contributed by atoms with Crippen LogP contribution in [-0.4, -0.2) is 4.98 Å². The van der Waals surface area contributed by atoms with Crippen molar-refractivity contribution < 1.29 is 4.74 Å². The van der Waals surface area contributed by atoms with Gasteiger partial charge in [-0.05, 0) is 40.8 Å². The third-order valence-electron chi connectivity index (χ3n) is 3.10. The maximum absolute atomic E-state index is 5.76. The van der Waals surface area contributed by atoms with Gasteiger partial charge in [0.05, 0.1) is 0 Å². The Morgan fingerprint density at radius 1 is 1.15 bits per heavy atom. The van der Waals surface area contributed by atoms with Gasteiger partial charge in [-0.1, -0.05) is 32.9 Å². The van der Waals surface area contributed by atoms with Crippen LogP contribution >= 0.6 is 0 Å². The van der Waals surface area contributed by atoms with Crippen LogP contribution in [0.2, 0.25) is 0 Å². The summed E-state index contributed by atoms with van der Waals surface area (Å²) in [5, 5.41) is 0. The monoisotopic (exact) mass is 271 g/mol. The second-order valence-electron chi connectivity index (χ2n) is 5.76. The molecule has 1 aromatic heterocycles. The minimum Gasteiger partial charge on any atom is -0.489 e. The lowest BCUT2D eigenvalue weighted by molar-refractivity contribution is 0.306. The van der Waals surface area contributed by atoms with Crippen molar-refractivity contribution in [3.05, 3.63) is 53.7 Å². The number of hydrogen-bond acceptors (Lipinski definition) is 4. The normalized spacial score (nSPS) is 11.2. The van der Waals surface area contributed by atoms with E-state index in [0.29, 0.717) is 12.4 Å². The predicted octanol–water partition coefficient (Wildman–Crippen LogP) is 3.24. The third-order valence-corrected chi connectivity index (χ3v) is 3.10. The number of nitrogens with zero attached hydrogens (tertiary/aromatic N) is 1. The first-order valence-electron chi connectivity index (χ1n) is 6.64. The summed E-state index contributed by atoms with van der Waals surface area (Å²) in [6.07, 6.45) is 1.70. The van der Waals surface area contributed by atoms with E-state index >= 15 is 0 Å². The fourth-order valence-electron chi connectivity index (χ4n) is 1.86. The first kappa shape index (κ1) is 14.3. The number of nitrogens with two attached hydrogens (primary N) is 1. The smallest absolute Gasteiger partial charge is 0.140 e. The highest BCUT2D eigenvalue weighted by Crippen LogP contribution is 2.24. The van der Waals surface area contributed by atoms with Gasteiger partial charge in [-0.2, -0.15) is 0 Å². The maximum atomic E-state index is 5.76. The topological polar surface area (TPSA) is 60.2 Å². The number of hydrazine groups is 1. The van der Waals surface area contributed by atoms with Crippen molar-refractivity contribution in [1.82, 2.24) is 4.98 Å². The number of ether oxygens (including phenoxy) is 1. The molecule has 3 N–H and O–H groups in total. The van der Waals surface area contributed by atoms with E-state index in [2.05, 4.69) is 43.3 Å². The second kappa shape index (κ2) is 5.92. The van der Waals surface area contributed by atoms with E-state index in [1.165, 1.54) is 5.56 Å². The van der Waals surface area contributed by atoms with Crippen LogP contribution in [0.1, 0.15) is 31.9 Å². The van der Waals surface area contributed by atoms with Crippen molar-refractivity contribution in [2.24, 2.45) is 5.84 Å². The van der Waals surface area contributed by atoms with E-state index in [9.17, 15) is 0 Å². The number of pyridine rings is 1. The lowest BCUT2D eigenvalue weighted by Gasteiger charge is -2.19.